The molecule has 0 radical (unpaired) electrons. The molecule has 0 atom stereocenters. The summed E-state index contributed by atoms with van der Waals surface area (Å²) in [5.74, 6) is 0.00106. The highest BCUT2D eigenvalue weighted by Crippen LogP contribution is 2.15. The van der Waals surface area contributed by atoms with Gasteiger partial charge in [0, 0.05) is 43.8 Å². The summed E-state index contributed by atoms with van der Waals surface area (Å²) < 4.78 is 0. The number of aryl methyl sites for hydroxylation is 1. The second-order valence-corrected chi connectivity index (χ2v) is 5.05. The van der Waals surface area contributed by atoms with Gasteiger partial charge in [0.15, 0.2) is 0 Å². The van der Waals surface area contributed by atoms with Crippen LogP contribution in [-0.2, 0) is 0 Å². The number of hydrogen-bond acceptors (Lipinski definition) is 4. The number of carbonyl (C=O) groups excluding carboxylic acids is 1. The first-order chi connectivity index (χ1) is 9.11. The van der Waals surface area contributed by atoms with Gasteiger partial charge in [-0.25, -0.2) is 0 Å². The molecule has 1 amide bonds. The van der Waals surface area contributed by atoms with Crippen LogP contribution >= 0.6 is 0 Å². The van der Waals surface area contributed by atoms with Gasteiger partial charge in [-0.1, -0.05) is 6.92 Å². The highest BCUT2D eigenvalue weighted by molar-refractivity contribution is 5.98. The van der Waals surface area contributed by atoms with Crippen LogP contribution in [0.5, 0.6) is 0 Å². The van der Waals surface area contributed by atoms with Crippen molar-refractivity contribution in [3.8, 4) is 0 Å². The quantitative estimate of drug-likeness (QED) is 0.887. The van der Waals surface area contributed by atoms with Crippen LogP contribution in [0, 0.1) is 6.92 Å². The third-order valence-corrected chi connectivity index (χ3v) is 3.50. The van der Waals surface area contributed by atoms with Crippen molar-refractivity contribution < 1.29 is 4.79 Å². The van der Waals surface area contributed by atoms with Crippen molar-refractivity contribution in [1.29, 1.82) is 0 Å². The second-order valence-electron chi connectivity index (χ2n) is 5.05. The largest absolute Gasteiger partial charge is 0.398 e. The van der Waals surface area contributed by atoms with E-state index in [4.69, 9.17) is 5.73 Å². The first-order valence-electron chi connectivity index (χ1n) is 6.85. The highest BCUT2D eigenvalue weighted by atomic mass is 16.2. The van der Waals surface area contributed by atoms with E-state index in [0.29, 0.717) is 11.3 Å². The average molecular weight is 262 g/mol. The van der Waals surface area contributed by atoms with E-state index in [1.165, 1.54) is 0 Å². The lowest BCUT2D eigenvalue weighted by Gasteiger charge is -2.34. The summed E-state index contributed by atoms with van der Waals surface area (Å²) in [5.41, 5.74) is 7.79. The summed E-state index contributed by atoms with van der Waals surface area (Å²) in [5, 5.41) is 0. The summed E-state index contributed by atoms with van der Waals surface area (Å²) in [4.78, 5) is 20.8. The molecule has 0 bridgehead atoms. The second kappa shape index (κ2) is 6.02. The monoisotopic (exact) mass is 262 g/mol. The highest BCUT2D eigenvalue weighted by Gasteiger charge is 2.23. The van der Waals surface area contributed by atoms with Crippen molar-refractivity contribution in [3.05, 3.63) is 23.5 Å². The van der Waals surface area contributed by atoms with E-state index in [1.54, 1.807) is 12.3 Å². The summed E-state index contributed by atoms with van der Waals surface area (Å²) in [6.45, 7) is 8.58. The first kappa shape index (κ1) is 13.8. The minimum Gasteiger partial charge on any atom is -0.398 e. The number of pyridine rings is 1. The van der Waals surface area contributed by atoms with Crippen molar-refractivity contribution in [2.45, 2.75) is 20.3 Å². The molecule has 2 heterocycles. The maximum absolute atomic E-state index is 12.4. The predicted octanol–water partition coefficient (Wildman–Crippen LogP) is 1.14. The Kier molecular flexibility index (Phi) is 4.37. The first-order valence-corrected chi connectivity index (χ1v) is 6.85. The van der Waals surface area contributed by atoms with Crippen LogP contribution in [0.3, 0.4) is 0 Å². The molecular weight excluding hydrogens is 240 g/mol. The molecule has 1 aromatic heterocycles. The van der Waals surface area contributed by atoms with Crippen molar-refractivity contribution in [1.82, 2.24) is 14.8 Å². The number of amides is 1. The number of carbonyl (C=O) groups is 1. The van der Waals surface area contributed by atoms with Crippen LogP contribution in [0.2, 0.25) is 0 Å². The molecule has 1 aliphatic rings. The van der Waals surface area contributed by atoms with Gasteiger partial charge in [-0.05, 0) is 26.0 Å². The molecule has 19 heavy (non-hydrogen) atoms. The van der Waals surface area contributed by atoms with Gasteiger partial charge in [0.25, 0.3) is 5.91 Å². The predicted molar refractivity (Wildman–Crippen MR) is 76.0 cm³/mol. The number of nitrogens with zero attached hydrogens (tertiary/aromatic N) is 3. The molecule has 0 unspecified atom stereocenters. The van der Waals surface area contributed by atoms with E-state index < -0.39 is 0 Å². The van der Waals surface area contributed by atoms with Gasteiger partial charge >= 0.3 is 0 Å². The normalized spacial score (nSPS) is 16.6. The van der Waals surface area contributed by atoms with Crippen molar-refractivity contribution in [2.24, 2.45) is 0 Å². The van der Waals surface area contributed by atoms with E-state index >= 15 is 0 Å². The van der Waals surface area contributed by atoms with Crippen LogP contribution in [0.15, 0.2) is 12.3 Å². The Morgan fingerprint density at radius 2 is 2.05 bits per heavy atom. The smallest absolute Gasteiger partial charge is 0.257 e. The minimum atomic E-state index is 0.00106. The molecule has 0 aromatic carbocycles. The van der Waals surface area contributed by atoms with Crippen LogP contribution in [-0.4, -0.2) is 53.4 Å². The van der Waals surface area contributed by atoms with Gasteiger partial charge in [-0.3, -0.25) is 14.7 Å². The number of anilines is 1. The van der Waals surface area contributed by atoms with Gasteiger partial charge in [-0.15, -0.1) is 0 Å². The van der Waals surface area contributed by atoms with E-state index in [9.17, 15) is 4.79 Å². The summed E-state index contributed by atoms with van der Waals surface area (Å²) in [6, 6.07) is 1.75. The number of nitrogen functional groups attached to an aromatic ring is 1. The fourth-order valence-corrected chi connectivity index (χ4v) is 2.42. The number of rotatable bonds is 3. The molecule has 2 N–H and O–H groups in total. The van der Waals surface area contributed by atoms with Crippen LogP contribution in [0.4, 0.5) is 5.69 Å². The average Bonchev–Trinajstić information content (AvgIpc) is 2.39. The molecule has 2 rings (SSSR count). The Morgan fingerprint density at radius 3 is 2.63 bits per heavy atom. The van der Waals surface area contributed by atoms with Crippen LogP contribution in [0.25, 0.3) is 0 Å². The Bertz CT molecular complexity index is 453. The lowest BCUT2D eigenvalue weighted by molar-refractivity contribution is 0.0638. The number of aromatic nitrogens is 1. The maximum Gasteiger partial charge on any atom is 0.257 e. The van der Waals surface area contributed by atoms with Gasteiger partial charge in [-0.2, -0.15) is 0 Å². The number of piperazine rings is 1. The molecule has 1 aromatic rings. The molecule has 5 heteroatoms. The molecule has 0 aliphatic carbocycles. The van der Waals surface area contributed by atoms with Gasteiger partial charge in [0.05, 0.1) is 5.56 Å². The number of nitrogens with two attached hydrogens (primary N) is 1. The maximum atomic E-state index is 12.4. The van der Waals surface area contributed by atoms with E-state index in [2.05, 4.69) is 16.8 Å². The summed E-state index contributed by atoms with van der Waals surface area (Å²) in [6.07, 6.45) is 2.74. The van der Waals surface area contributed by atoms with Gasteiger partial charge in [0.1, 0.15) is 0 Å². The minimum absolute atomic E-state index is 0.00106. The molecule has 1 aliphatic heterocycles. The Morgan fingerprint density at radius 1 is 1.37 bits per heavy atom. The standard InChI is InChI=1S/C14H22N4O/c1-3-4-17-5-7-18(8-6-17)14(19)12-10-16-11(2)9-13(12)15/h9-10H,3-8H2,1-2H3,(H2,15,16). The summed E-state index contributed by atoms with van der Waals surface area (Å²) in [7, 11) is 0. The fourth-order valence-electron chi connectivity index (χ4n) is 2.42. The zero-order valence-electron chi connectivity index (χ0n) is 11.7. The van der Waals surface area contributed by atoms with Crippen LogP contribution in [0.1, 0.15) is 29.4 Å². The van der Waals surface area contributed by atoms with E-state index in [1.807, 2.05) is 11.8 Å². The molecule has 1 fully saturated rings. The van der Waals surface area contributed by atoms with Gasteiger partial charge < -0.3 is 10.6 Å². The third kappa shape index (κ3) is 3.23. The van der Waals surface area contributed by atoms with Crippen molar-refractivity contribution in [3.63, 3.8) is 0 Å². The Balaban J connectivity index is 2.01. The fraction of sp³-hybridized carbons (Fsp3) is 0.571. The van der Waals surface area contributed by atoms with Crippen molar-refractivity contribution in [2.75, 3.05) is 38.5 Å². The lowest BCUT2D eigenvalue weighted by Crippen LogP contribution is -2.48. The van der Waals surface area contributed by atoms with Crippen LogP contribution < -0.4 is 5.73 Å². The molecular formula is C14H22N4O. The summed E-state index contributed by atoms with van der Waals surface area (Å²) >= 11 is 0. The molecule has 0 spiro atoms. The molecule has 5 nitrogen and oxygen atoms in total. The molecule has 0 saturated carbocycles. The van der Waals surface area contributed by atoms with Gasteiger partial charge in [0.2, 0.25) is 0 Å². The zero-order chi connectivity index (χ0) is 13.8. The zero-order valence-corrected chi connectivity index (χ0v) is 11.7. The topological polar surface area (TPSA) is 62.5 Å². The third-order valence-electron chi connectivity index (χ3n) is 3.50. The number of hydrogen-bond donors (Lipinski definition) is 1. The lowest BCUT2D eigenvalue weighted by atomic mass is 10.1. The Labute approximate surface area is 114 Å². The van der Waals surface area contributed by atoms with E-state index in [-0.39, 0.29) is 5.91 Å². The Hall–Kier alpha value is -1.62. The van der Waals surface area contributed by atoms with Crippen molar-refractivity contribution >= 4 is 11.6 Å². The SMILES string of the molecule is CCCN1CCN(C(=O)c2cnc(C)cc2N)CC1. The molecule has 1 saturated heterocycles. The molecule has 104 valence electrons. The van der Waals surface area contributed by atoms with E-state index in [0.717, 1.165) is 44.8 Å².